The largest absolute Gasteiger partial charge is 0.497 e. The van der Waals surface area contributed by atoms with Crippen LogP contribution in [0.15, 0.2) is 84.9 Å². The van der Waals surface area contributed by atoms with Gasteiger partial charge < -0.3 is 14.4 Å². The summed E-state index contributed by atoms with van der Waals surface area (Å²) in [5.41, 5.74) is 6.48. The Labute approximate surface area is 221 Å². The van der Waals surface area contributed by atoms with Crippen LogP contribution in [0.3, 0.4) is 0 Å². The number of para-hydroxylation sites is 1. The number of methoxy groups -OCH3 is 2. The van der Waals surface area contributed by atoms with Gasteiger partial charge in [0.05, 0.1) is 37.2 Å². The molecule has 0 saturated carbocycles. The Morgan fingerprint density at radius 1 is 0.974 bits per heavy atom. The van der Waals surface area contributed by atoms with E-state index in [1.54, 1.807) is 20.1 Å². The fourth-order valence-electron chi connectivity index (χ4n) is 4.79. The van der Waals surface area contributed by atoms with Crippen molar-refractivity contribution in [3.63, 3.8) is 0 Å². The highest BCUT2D eigenvalue weighted by Gasteiger charge is 2.32. The van der Waals surface area contributed by atoms with Crippen LogP contribution in [0.4, 0.5) is 5.69 Å². The second-order valence-corrected chi connectivity index (χ2v) is 9.15. The van der Waals surface area contributed by atoms with E-state index in [0.717, 1.165) is 50.4 Å². The summed E-state index contributed by atoms with van der Waals surface area (Å²) in [5.74, 6) is 0.448. The smallest absolute Gasteiger partial charge is 0.330 e. The van der Waals surface area contributed by atoms with Gasteiger partial charge in [0.2, 0.25) is 0 Å². The molecule has 6 heteroatoms. The average Bonchev–Trinajstić information content (AvgIpc) is 2.95. The number of carbonyl (C=O) groups is 2. The number of anilines is 1. The van der Waals surface area contributed by atoms with Crippen molar-refractivity contribution in [3.05, 3.63) is 107 Å². The van der Waals surface area contributed by atoms with Gasteiger partial charge in [-0.25, -0.2) is 9.78 Å². The molecular formula is C32H28N2O4. The van der Waals surface area contributed by atoms with E-state index < -0.39 is 5.97 Å². The molecule has 5 rings (SSSR count). The van der Waals surface area contributed by atoms with E-state index in [-0.39, 0.29) is 11.8 Å². The van der Waals surface area contributed by atoms with Gasteiger partial charge >= 0.3 is 5.97 Å². The number of ketones is 1. The van der Waals surface area contributed by atoms with Gasteiger partial charge in [-0.15, -0.1) is 0 Å². The van der Waals surface area contributed by atoms with Crippen molar-refractivity contribution in [3.8, 4) is 5.75 Å². The number of fused-ring (bicyclic) bond motifs is 2. The van der Waals surface area contributed by atoms with Crippen molar-refractivity contribution in [2.45, 2.75) is 19.4 Å². The zero-order chi connectivity index (χ0) is 26.6. The number of hydrogen-bond acceptors (Lipinski definition) is 6. The van der Waals surface area contributed by atoms with Crippen LogP contribution in [0.25, 0.3) is 28.8 Å². The fraction of sp³-hybridized carbons (Fsp3) is 0.156. The number of pyridine rings is 1. The molecule has 190 valence electrons. The standard InChI is InChI=1S/C32H28N2O4/c1-21(35)18-31-27-19-24-6-4-5-7-28(24)33-29(27)20-30(23-11-15-26(37-2)16-12-23)34(31)25-13-8-22(9-14-25)10-17-32(36)38-3/h4-17,19-20,31H,18H2,1-3H3/b17-10+. The van der Waals surface area contributed by atoms with Crippen LogP contribution in [0.2, 0.25) is 0 Å². The lowest BCUT2D eigenvalue weighted by atomic mass is 9.90. The zero-order valence-electron chi connectivity index (χ0n) is 21.5. The highest BCUT2D eigenvalue weighted by molar-refractivity contribution is 5.96. The summed E-state index contributed by atoms with van der Waals surface area (Å²) >= 11 is 0. The predicted octanol–water partition coefficient (Wildman–Crippen LogP) is 6.47. The summed E-state index contributed by atoms with van der Waals surface area (Å²) in [7, 11) is 3.00. The maximum absolute atomic E-state index is 12.6. The molecule has 1 unspecified atom stereocenters. The van der Waals surface area contributed by atoms with Crippen LogP contribution in [0, 0.1) is 0 Å². The number of Topliss-reactive ketones (excluding diaryl/α,β-unsaturated/α-hetero) is 1. The lowest BCUT2D eigenvalue weighted by Crippen LogP contribution is -2.32. The Balaban J connectivity index is 1.68. The van der Waals surface area contributed by atoms with Crippen molar-refractivity contribution < 1.29 is 19.1 Å². The van der Waals surface area contributed by atoms with E-state index in [4.69, 9.17) is 14.5 Å². The summed E-state index contributed by atoms with van der Waals surface area (Å²) in [6.45, 7) is 1.62. The molecule has 0 spiro atoms. The molecule has 38 heavy (non-hydrogen) atoms. The third-order valence-electron chi connectivity index (χ3n) is 6.64. The molecule has 0 fully saturated rings. The van der Waals surface area contributed by atoms with Crippen LogP contribution in [-0.4, -0.2) is 31.0 Å². The van der Waals surface area contributed by atoms with Gasteiger partial charge in [-0.05, 0) is 78.7 Å². The quantitative estimate of drug-likeness (QED) is 0.212. The molecule has 2 heterocycles. The molecule has 0 saturated heterocycles. The number of nitrogens with zero attached hydrogens (tertiary/aromatic N) is 2. The number of aromatic nitrogens is 1. The van der Waals surface area contributed by atoms with Gasteiger partial charge in [0.1, 0.15) is 11.5 Å². The Bertz CT molecular complexity index is 1550. The van der Waals surface area contributed by atoms with Gasteiger partial charge in [-0.1, -0.05) is 30.3 Å². The first kappa shape index (κ1) is 25.0. The molecule has 0 amide bonds. The van der Waals surface area contributed by atoms with Gasteiger partial charge in [-0.2, -0.15) is 0 Å². The normalized spacial score (nSPS) is 14.8. The molecule has 1 aliphatic rings. The first-order valence-corrected chi connectivity index (χ1v) is 12.4. The van der Waals surface area contributed by atoms with E-state index in [2.05, 4.69) is 17.0 Å². The summed E-state index contributed by atoms with van der Waals surface area (Å²) in [6.07, 6.45) is 5.52. The number of ether oxygens (including phenoxy) is 2. The van der Waals surface area contributed by atoms with Crippen molar-refractivity contribution >= 4 is 46.2 Å². The van der Waals surface area contributed by atoms with Crippen LogP contribution in [0.1, 0.15) is 41.8 Å². The number of hydrogen-bond donors (Lipinski definition) is 0. The zero-order valence-corrected chi connectivity index (χ0v) is 21.5. The third-order valence-corrected chi connectivity index (χ3v) is 6.64. The van der Waals surface area contributed by atoms with Crippen molar-refractivity contribution in [2.75, 3.05) is 19.1 Å². The molecular weight excluding hydrogens is 476 g/mol. The third kappa shape index (κ3) is 5.06. The van der Waals surface area contributed by atoms with Crippen molar-refractivity contribution in [1.82, 2.24) is 4.98 Å². The summed E-state index contributed by atoms with van der Waals surface area (Å²) in [4.78, 5) is 31.3. The van der Waals surface area contributed by atoms with E-state index in [9.17, 15) is 9.59 Å². The maximum Gasteiger partial charge on any atom is 0.330 e. The average molecular weight is 505 g/mol. The second-order valence-electron chi connectivity index (χ2n) is 9.15. The first-order chi connectivity index (χ1) is 18.5. The first-order valence-electron chi connectivity index (χ1n) is 12.4. The van der Waals surface area contributed by atoms with Gasteiger partial charge in [0.15, 0.2) is 0 Å². The van der Waals surface area contributed by atoms with Crippen LogP contribution < -0.4 is 9.64 Å². The number of esters is 1. The van der Waals surface area contributed by atoms with E-state index in [1.807, 2.05) is 72.8 Å². The van der Waals surface area contributed by atoms with E-state index >= 15 is 0 Å². The van der Waals surface area contributed by atoms with Crippen molar-refractivity contribution in [2.24, 2.45) is 0 Å². The number of carbonyl (C=O) groups excluding carboxylic acids is 2. The molecule has 0 N–H and O–H groups in total. The fourth-order valence-corrected chi connectivity index (χ4v) is 4.79. The molecule has 3 aromatic carbocycles. The summed E-state index contributed by atoms with van der Waals surface area (Å²) in [5, 5.41) is 1.03. The Hall–Kier alpha value is -4.71. The lowest BCUT2D eigenvalue weighted by Gasteiger charge is -2.39. The highest BCUT2D eigenvalue weighted by Crippen LogP contribution is 2.44. The SMILES string of the molecule is COC(=O)/C=C/c1ccc(N2C(c3ccc(OC)cc3)=Cc3nc4ccccc4cc3C2CC(C)=O)cc1. The Morgan fingerprint density at radius 2 is 1.71 bits per heavy atom. The van der Waals surface area contributed by atoms with Crippen molar-refractivity contribution in [1.29, 1.82) is 0 Å². The highest BCUT2D eigenvalue weighted by atomic mass is 16.5. The summed E-state index contributed by atoms with van der Waals surface area (Å²) in [6, 6.07) is 25.7. The Kier molecular flexibility index (Phi) is 7.05. The predicted molar refractivity (Wildman–Crippen MR) is 151 cm³/mol. The van der Waals surface area contributed by atoms with E-state index in [1.165, 1.54) is 13.2 Å². The minimum Gasteiger partial charge on any atom is -0.497 e. The minimum atomic E-state index is -0.410. The van der Waals surface area contributed by atoms with Gasteiger partial charge in [0, 0.05) is 29.1 Å². The molecule has 0 aliphatic carbocycles. The number of rotatable bonds is 7. The van der Waals surface area contributed by atoms with E-state index in [0.29, 0.717) is 6.42 Å². The monoisotopic (exact) mass is 504 g/mol. The molecule has 6 nitrogen and oxygen atoms in total. The van der Waals surface area contributed by atoms with Crippen LogP contribution in [0.5, 0.6) is 5.75 Å². The van der Waals surface area contributed by atoms with Gasteiger partial charge in [0.25, 0.3) is 0 Å². The number of benzene rings is 3. The lowest BCUT2D eigenvalue weighted by molar-refractivity contribution is -0.134. The molecule has 0 radical (unpaired) electrons. The molecule has 1 aromatic heterocycles. The second kappa shape index (κ2) is 10.7. The molecule has 1 aliphatic heterocycles. The minimum absolute atomic E-state index is 0.0905. The molecule has 0 bridgehead atoms. The summed E-state index contributed by atoms with van der Waals surface area (Å²) < 4.78 is 10.1. The topological polar surface area (TPSA) is 68.7 Å². The molecule has 1 atom stereocenters. The maximum atomic E-state index is 12.6. The van der Waals surface area contributed by atoms with Crippen LogP contribution in [-0.2, 0) is 14.3 Å². The van der Waals surface area contributed by atoms with Crippen LogP contribution >= 0.6 is 0 Å². The Morgan fingerprint density at radius 3 is 2.39 bits per heavy atom. The molecule has 4 aromatic rings. The van der Waals surface area contributed by atoms with Gasteiger partial charge in [-0.3, -0.25) is 4.79 Å².